The molecule has 208 valence electrons. The van der Waals surface area contributed by atoms with Gasteiger partial charge in [0.1, 0.15) is 0 Å². The molecule has 0 spiro atoms. The molecule has 5 heteroatoms. The Labute approximate surface area is 259 Å². The summed E-state index contributed by atoms with van der Waals surface area (Å²) in [4.78, 5) is 15.0. The molecule has 0 saturated carbocycles. The lowest BCUT2D eigenvalue weighted by molar-refractivity contribution is 1.06. The van der Waals surface area contributed by atoms with Crippen molar-refractivity contribution in [3.05, 3.63) is 157 Å². The summed E-state index contributed by atoms with van der Waals surface area (Å²) >= 11 is 6.70. The van der Waals surface area contributed by atoms with Crippen molar-refractivity contribution in [1.29, 1.82) is 0 Å². The summed E-state index contributed by atoms with van der Waals surface area (Å²) in [7, 11) is 0. The number of hydrogen-bond acceptors (Lipinski definition) is 3. The summed E-state index contributed by atoms with van der Waals surface area (Å²) < 4.78 is 2.30. The second-order valence-electron chi connectivity index (χ2n) is 10.6. The van der Waals surface area contributed by atoms with Crippen LogP contribution in [0.25, 0.3) is 72.8 Å². The Bertz CT molecular complexity index is 2220. The van der Waals surface area contributed by atoms with E-state index in [-0.39, 0.29) is 0 Å². The first-order chi connectivity index (χ1) is 21.7. The third-order valence-corrected chi connectivity index (χ3v) is 8.16. The van der Waals surface area contributed by atoms with Crippen LogP contribution in [-0.2, 0) is 0 Å². The molecule has 6 aromatic carbocycles. The predicted octanol–water partition coefficient (Wildman–Crippen LogP) is 10.3. The van der Waals surface area contributed by atoms with E-state index in [4.69, 9.17) is 26.6 Å². The molecule has 0 saturated heterocycles. The van der Waals surface area contributed by atoms with E-state index in [9.17, 15) is 0 Å². The van der Waals surface area contributed by atoms with Crippen LogP contribution in [0.15, 0.2) is 152 Å². The van der Waals surface area contributed by atoms with Crippen molar-refractivity contribution >= 4 is 33.4 Å². The van der Waals surface area contributed by atoms with Gasteiger partial charge in [-0.25, -0.2) is 15.0 Å². The Hall–Kier alpha value is -5.58. The van der Waals surface area contributed by atoms with Crippen molar-refractivity contribution in [3.63, 3.8) is 0 Å². The van der Waals surface area contributed by atoms with Crippen molar-refractivity contribution in [2.75, 3.05) is 0 Å². The molecule has 0 aliphatic rings. The van der Waals surface area contributed by atoms with E-state index >= 15 is 0 Å². The average Bonchev–Trinajstić information content (AvgIpc) is 3.44. The fourth-order valence-electron chi connectivity index (χ4n) is 5.95. The molecular formula is C39H25ClN4. The monoisotopic (exact) mass is 584 g/mol. The Morgan fingerprint density at radius 1 is 0.432 bits per heavy atom. The Balaban J connectivity index is 1.43. The number of nitrogens with zero attached hydrogens (tertiary/aromatic N) is 4. The zero-order valence-corrected chi connectivity index (χ0v) is 24.4. The van der Waals surface area contributed by atoms with Gasteiger partial charge >= 0.3 is 0 Å². The van der Waals surface area contributed by atoms with Gasteiger partial charge in [-0.15, -0.1) is 0 Å². The number of hydrogen-bond donors (Lipinski definition) is 0. The predicted molar refractivity (Wildman–Crippen MR) is 181 cm³/mol. The summed E-state index contributed by atoms with van der Waals surface area (Å²) in [6, 6.07) is 51.6. The highest BCUT2D eigenvalue weighted by Gasteiger charge is 2.21. The number of para-hydroxylation sites is 1. The molecule has 44 heavy (non-hydrogen) atoms. The summed E-state index contributed by atoms with van der Waals surface area (Å²) in [5.41, 5.74) is 8.15. The van der Waals surface area contributed by atoms with Crippen molar-refractivity contribution in [1.82, 2.24) is 19.5 Å². The Morgan fingerprint density at radius 2 is 0.977 bits per heavy atom. The van der Waals surface area contributed by atoms with Gasteiger partial charge in [-0.1, -0.05) is 133 Å². The summed E-state index contributed by atoms with van der Waals surface area (Å²) in [5, 5.41) is 2.98. The van der Waals surface area contributed by atoms with Gasteiger partial charge in [0.25, 0.3) is 0 Å². The third kappa shape index (κ3) is 4.53. The van der Waals surface area contributed by atoms with Gasteiger partial charge in [0, 0.05) is 32.5 Å². The molecule has 0 aliphatic carbocycles. The minimum atomic E-state index is 0.556. The van der Waals surface area contributed by atoms with E-state index in [2.05, 4.69) is 83.4 Å². The maximum absolute atomic E-state index is 6.70. The van der Waals surface area contributed by atoms with Crippen LogP contribution < -0.4 is 0 Å². The molecule has 0 N–H and O–H groups in total. The second-order valence-corrected chi connectivity index (χ2v) is 11.1. The van der Waals surface area contributed by atoms with Gasteiger partial charge in [-0.3, -0.25) is 0 Å². The van der Waals surface area contributed by atoms with E-state index < -0.39 is 0 Å². The van der Waals surface area contributed by atoms with Crippen LogP contribution in [0.4, 0.5) is 0 Å². The number of halogens is 1. The Kier molecular flexibility index (Phi) is 6.47. The number of aromatic nitrogens is 4. The van der Waals surface area contributed by atoms with Gasteiger partial charge in [0.05, 0.1) is 16.7 Å². The molecule has 0 amide bonds. The fraction of sp³-hybridized carbons (Fsp3) is 0. The van der Waals surface area contributed by atoms with E-state index in [1.165, 1.54) is 21.9 Å². The zero-order valence-electron chi connectivity index (χ0n) is 23.6. The molecule has 0 atom stereocenters. The molecule has 2 heterocycles. The van der Waals surface area contributed by atoms with Crippen LogP contribution in [0, 0.1) is 0 Å². The number of rotatable bonds is 5. The number of fused-ring (bicyclic) bond motifs is 3. The lowest BCUT2D eigenvalue weighted by Crippen LogP contribution is -2.03. The second kappa shape index (κ2) is 10.9. The van der Waals surface area contributed by atoms with Gasteiger partial charge in [-0.2, -0.15) is 0 Å². The lowest BCUT2D eigenvalue weighted by atomic mass is 9.99. The molecule has 2 aromatic heterocycles. The first-order valence-electron chi connectivity index (χ1n) is 14.5. The van der Waals surface area contributed by atoms with Crippen molar-refractivity contribution < 1.29 is 0 Å². The average molecular weight is 585 g/mol. The lowest BCUT2D eigenvalue weighted by Gasteiger charge is -2.15. The van der Waals surface area contributed by atoms with E-state index in [0.29, 0.717) is 22.5 Å². The van der Waals surface area contributed by atoms with Crippen molar-refractivity contribution in [3.8, 4) is 51.0 Å². The largest absolute Gasteiger partial charge is 0.308 e. The molecule has 0 bridgehead atoms. The fourth-order valence-corrected chi connectivity index (χ4v) is 6.12. The zero-order chi connectivity index (χ0) is 29.5. The van der Waals surface area contributed by atoms with Gasteiger partial charge in [0.2, 0.25) is 0 Å². The van der Waals surface area contributed by atoms with Crippen LogP contribution in [0.5, 0.6) is 0 Å². The van der Waals surface area contributed by atoms with Crippen LogP contribution in [0.2, 0.25) is 5.02 Å². The van der Waals surface area contributed by atoms with E-state index in [1.54, 1.807) is 0 Å². The van der Waals surface area contributed by atoms with Crippen molar-refractivity contribution in [2.45, 2.75) is 0 Å². The third-order valence-electron chi connectivity index (χ3n) is 7.92. The molecular weight excluding hydrogens is 560 g/mol. The smallest absolute Gasteiger partial charge is 0.166 e. The molecule has 0 aliphatic heterocycles. The molecule has 4 nitrogen and oxygen atoms in total. The SMILES string of the molecule is Clc1ccc(-n2c3ccccc3c3c(-c4ccccc4)cccc32)c(-c2nc(-c3ccccc3)nc(-c3ccccc3)n2)c1. The molecule has 0 unspecified atom stereocenters. The van der Waals surface area contributed by atoms with E-state index in [0.717, 1.165) is 33.4 Å². The van der Waals surface area contributed by atoms with Gasteiger partial charge in [-0.05, 0) is 41.5 Å². The highest BCUT2D eigenvalue weighted by Crippen LogP contribution is 2.41. The van der Waals surface area contributed by atoms with Crippen molar-refractivity contribution in [2.24, 2.45) is 0 Å². The Morgan fingerprint density at radius 3 is 1.64 bits per heavy atom. The molecule has 0 fully saturated rings. The first kappa shape index (κ1) is 26.1. The highest BCUT2D eigenvalue weighted by atomic mass is 35.5. The summed E-state index contributed by atoms with van der Waals surface area (Å²) in [5.74, 6) is 1.77. The molecule has 8 aromatic rings. The first-order valence-corrected chi connectivity index (χ1v) is 14.9. The minimum absolute atomic E-state index is 0.556. The van der Waals surface area contributed by atoms with Gasteiger partial charge in [0.15, 0.2) is 17.5 Å². The quantitative estimate of drug-likeness (QED) is 0.202. The van der Waals surface area contributed by atoms with Gasteiger partial charge < -0.3 is 4.57 Å². The standard InChI is InChI=1S/C39H25ClN4/c40-29-23-24-34(44-33-21-11-10-19-31(33)36-30(20-12-22-35(36)44)26-13-4-1-5-14-26)32(25-29)39-42-37(27-15-6-2-7-16-27)41-38(43-39)28-17-8-3-9-18-28/h1-25H. The molecule has 8 rings (SSSR count). The maximum Gasteiger partial charge on any atom is 0.166 e. The van der Waals surface area contributed by atoms with Crippen LogP contribution in [0.1, 0.15) is 0 Å². The van der Waals surface area contributed by atoms with Crippen LogP contribution in [0.3, 0.4) is 0 Å². The van der Waals surface area contributed by atoms with Crippen LogP contribution in [-0.4, -0.2) is 19.5 Å². The topological polar surface area (TPSA) is 43.6 Å². The molecule has 0 radical (unpaired) electrons. The highest BCUT2D eigenvalue weighted by molar-refractivity contribution is 6.31. The van der Waals surface area contributed by atoms with E-state index in [1.807, 2.05) is 72.8 Å². The number of benzene rings is 6. The normalized spacial score (nSPS) is 11.3. The summed E-state index contributed by atoms with van der Waals surface area (Å²) in [6.07, 6.45) is 0. The minimum Gasteiger partial charge on any atom is -0.308 e. The van der Waals surface area contributed by atoms with Crippen LogP contribution >= 0.6 is 11.6 Å². The summed E-state index contributed by atoms with van der Waals surface area (Å²) in [6.45, 7) is 0. The maximum atomic E-state index is 6.70.